The topological polar surface area (TPSA) is 111 Å². The lowest BCUT2D eigenvalue weighted by Crippen LogP contribution is -2.18. The lowest BCUT2D eigenvalue weighted by Gasteiger charge is -2.12. The average molecular weight is 441 g/mol. The molecule has 9 heteroatoms. The number of esters is 1. The van der Waals surface area contributed by atoms with Crippen molar-refractivity contribution in [3.05, 3.63) is 82.7 Å². The number of aromatic nitrogens is 5. The number of H-pyrrole nitrogens is 1. The fourth-order valence-corrected chi connectivity index (χ4v) is 3.58. The van der Waals surface area contributed by atoms with Crippen LogP contribution in [0.3, 0.4) is 0 Å². The van der Waals surface area contributed by atoms with Crippen molar-refractivity contribution in [3.63, 3.8) is 0 Å². The summed E-state index contributed by atoms with van der Waals surface area (Å²) in [5, 5.41) is -0.0657. The van der Waals surface area contributed by atoms with Crippen LogP contribution in [0.2, 0.25) is 0 Å². The van der Waals surface area contributed by atoms with E-state index in [4.69, 9.17) is 4.74 Å². The number of carbonyl (C=O) groups is 1. The minimum absolute atomic E-state index is 0.0543. The van der Waals surface area contributed by atoms with Crippen LogP contribution in [0.25, 0.3) is 44.7 Å². The number of ether oxygens (including phenoxy) is 1. The van der Waals surface area contributed by atoms with E-state index in [1.165, 1.54) is 0 Å². The summed E-state index contributed by atoms with van der Waals surface area (Å²) in [6.45, 7) is 1.73. The molecule has 5 aromatic rings. The highest BCUT2D eigenvalue weighted by atomic mass is 19.1. The average Bonchev–Trinajstić information content (AvgIpc) is 2.85. The Bertz CT molecular complexity index is 1570. The molecular weight excluding hydrogens is 425 g/mol. The largest absolute Gasteiger partial charge is 0.462 e. The molecule has 0 aliphatic heterocycles. The molecule has 0 aliphatic carbocycles. The third kappa shape index (κ3) is 3.49. The van der Waals surface area contributed by atoms with Gasteiger partial charge < -0.3 is 9.72 Å². The molecule has 33 heavy (non-hydrogen) atoms. The molecule has 4 aromatic heterocycles. The molecule has 0 fully saturated rings. The highest BCUT2D eigenvalue weighted by molar-refractivity contribution is 6.05. The zero-order chi connectivity index (χ0) is 22.9. The first-order chi connectivity index (χ1) is 16.1. The Morgan fingerprint density at radius 2 is 1.76 bits per heavy atom. The van der Waals surface area contributed by atoms with Gasteiger partial charge in [0.05, 0.1) is 29.1 Å². The van der Waals surface area contributed by atoms with Crippen molar-refractivity contribution in [3.8, 4) is 22.8 Å². The van der Waals surface area contributed by atoms with Crippen molar-refractivity contribution in [1.29, 1.82) is 0 Å². The summed E-state index contributed by atoms with van der Waals surface area (Å²) in [5.41, 5.74) is 1.36. The van der Waals surface area contributed by atoms with Crippen LogP contribution in [0.15, 0.2) is 65.8 Å². The SMILES string of the molecule is CCOC(=O)c1cnc2c(cc(F)c3[nH]c(-c4ccccn4)c(-c4ccccn4)nc32)c1=O. The predicted molar refractivity (Wildman–Crippen MR) is 120 cm³/mol. The van der Waals surface area contributed by atoms with E-state index in [2.05, 4.69) is 24.9 Å². The Morgan fingerprint density at radius 1 is 1.03 bits per heavy atom. The Balaban J connectivity index is 1.86. The van der Waals surface area contributed by atoms with Crippen LogP contribution >= 0.6 is 0 Å². The van der Waals surface area contributed by atoms with Crippen molar-refractivity contribution in [2.75, 3.05) is 6.61 Å². The maximum absolute atomic E-state index is 15.2. The van der Waals surface area contributed by atoms with Crippen LogP contribution in [0.4, 0.5) is 4.39 Å². The maximum Gasteiger partial charge on any atom is 0.343 e. The number of carbonyl (C=O) groups excluding carboxylic acids is 1. The minimum atomic E-state index is -0.809. The molecule has 162 valence electrons. The van der Waals surface area contributed by atoms with Gasteiger partial charge in [0.2, 0.25) is 5.43 Å². The second-order valence-corrected chi connectivity index (χ2v) is 7.09. The van der Waals surface area contributed by atoms with E-state index < -0.39 is 17.2 Å². The zero-order valence-electron chi connectivity index (χ0n) is 17.4. The summed E-state index contributed by atoms with van der Waals surface area (Å²) < 4.78 is 20.1. The van der Waals surface area contributed by atoms with Gasteiger partial charge in [-0.25, -0.2) is 14.2 Å². The van der Waals surface area contributed by atoms with E-state index >= 15 is 4.39 Å². The van der Waals surface area contributed by atoms with Gasteiger partial charge in [0, 0.05) is 18.6 Å². The normalized spacial score (nSPS) is 11.1. The number of fused-ring (bicyclic) bond motifs is 3. The molecule has 0 saturated heterocycles. The molecule has 1 N–H and O–H groups in total. The fraction of sp³-hybridized carbons (Fsp3) is 0.0833. The van der Waals surface area contributed by atoms with E-state index in [1.54, 1.807) is 49.6 Å². The Hall–Kier alpha value is -4.53. The smallest absolute Gasteiger partial charge is 0.343 e. The van der Waals surface area contributed by atoms with Crippen LogP contribution in [0.5, 0.6) is 0 Å². The Labute approximate surface area is 186 Å². The molecule has 1 aromatic carbocycles. The molecule has 0 unspecified atom stereocenters. The quantitative estimate of drug-likeness (QED) is 0.332. The summed E-state index contributed by atoms with van der Waals surface area (Å²) in [4.78, 5) is 45.8. The summed E-state index contributed by atoms with van der Waals surface area (Å²) in [6.07, 6.45) is 4.37. The number of nitrogens with one attached hydrogen (secondary N) is 1. The molecule has 5 rings (SSSR count). The first-order valence-electron chi connectivity index (χ1n) is 10.1. The fourth-order valence-electron chi connectivity index (χ4n) is 3.58. The van der Waals surface area contributed by atoms with Crippen LogP contribution in [0.1, 0.15) is 17.3 Å². The third-order valence-corrected chi connectivity index (χ3v) is 5.07. The highest BCUT2D eigenvalue weighted by Gasteiger charge is 2.21. The molecule has 0 amide bonds. The molecule has 0 aliphatic rings. The van der Waals surface area contributed by atoms with Crippen molar-refractivity contribution in [1.82, 2.24) is 24.9 Å². The number of hydrogen-bond donors (Lipinski definition) is 1. The second kappa shape index (κ2) is 8.19. The van der Waals surface area contributed by atoms with E-state index in [-0.39, 0.29) is 34.1 Å². The van der Waals surface area contributed by atoms with Gasteiger partial charge in [0.15, 0.2) is 0 Å². The van der Waals surface area contributed by atoms with Crippen molar-refractivity contribution in [2.45, 2.75) is 6.92 Å². The Kier molecular flexibility index (Phi) is 5.06. The number of aromatic amines is 1. The van der Waals surface area contributed by atoms with Gasteiger partial charge in [0.25, 0.3) is 0 Å². The van der Waals surface area contributed by atoms with Gasteiger partial charge in [-0.05, 0) is 37.3 Å². The van der Waals surface area contributed by atoms with Gasteiger partial charge in [-0.15, -0.1) is 0 Å². The standard InChI is InChI=1S/C24H16FN5O3/c1-2-33-24(32)14-12-28-18-13(23(14)31)11-15(25)19-22(18)30-21(17-8-4-6-10-27-17)20(29-19)16-7-3-5-9-26-16/h3-12,29H,2H2,1H3. The van der Waals surface area contributed by atoms with Crippen molar-refractivity contribution < 1.29 is 13.9 Å². The van der Waals surface area contributed by atoms with E-state index in [9.17, 15) is 9.59 Å². The number of rotatable bonds is 4. The Morgan fingerprint density at radius 3 is 2.42 bits per heavy atom. The lowest BCUT2D eigenvalue weighted by atomic mass is 10.1. The number of hydrogen-bond acceptors (Lipinski definition) is 7. The highest BCUT2D eigenvalue weighted by Crippen LogP contribution is 2.31. The van der Waals surface area contributed by atoms with Gasteiger partial charge in [-0.1, -0.05) is 12.1 Å². The number of benzene rings is 1. The van der Waals surface area contributed by atoms with E-state index in [0.29, 0.717) is 22.8 Å². The van der Waals surface area contributed by atoms with Gasteiger partial charge >= 0.3 is 5.97 Å². The molecule has 0 spiro atoms. The minimum Gasteiger partial charge on any atom is -0.462 e. The summed E-state index contributed by atoms with van der Waals surface area (Å²) in [5.74, 6) is -1.52. The second-order valence-electron chi connectivity index (χ2n) is 7.09. The monoisotopic (exact) mass is 441 g/mol. The lowest BCUT2D eigenvalue weighted by molar-refractivity contribution is 0.0524. The van der Waals surface area contributed by atoms with Crippen LogP contribution in [0, 0.1) is 5.82 Å². The number of pyridine rings is 3. The molecule has 4 heterocycles. The number of nitrogens with zero attached hydrogens (tertiary/aromatic N) is 4. The zero-order valence-corrected chi connectivity index (χ0v) is 17.4. The molecule has 0 atom stereocenters. The summed E-state index contributed by atoms with van der Waals surface area (Å²) >= 11 is 0. The van der Waals surface area contributed by atoms with Gasteiger partial charge in [-0.2, -0.15) is 0 Å². The maximum atomic E-state index is 15.2. The van der Waals surface area contributed by atoms with Crippen LogP contribution in [-0.2, 0) is 4.74 Å². The predicted octanol–water partition coefficient (Wildman–Crippen LogP) is 3.91. The van der Waals surface area contributed by atoms with E-state index in [1.807, 2.05) is 6.07 Å². The van der Waals surface area contributed by atoms with Crippen LogP contribution < -0.4 is 5.43 Å². The molecule has 0 saturated carbocycles. The first-order valence-corrected chi connectivity index (χ1v) is 10.1. The molecule has 0 radical (unpaired) electrons. The van der Waals surface area contributed by atoms with Gasteiger partial charge in [0.1, 0.15) is 33.6 Å². The van der Waals surface area contributed by atoms with Crippen LogP contribution in [-0.4, -0.2) is 37.5 Å². The van der Waals surface area contributed by atoms with Crippen molar-refractivity contribution >= 4 is 27.9 Å². The molecular formula is C24H16FN5O3. The number of halogens is 1. The summed E-state index contributed by atoms with van der Waals surface area (Å²) in [7, 11) is 0. The van der Waals surface area contributed by atoms with Gasteiger partial charge in [-0.3, -0.25) is 19.7 Å². The summed E-state index contributed by atoms with van der Waals surface area (Å²) in [6, 6.07) is 11.7. The van der Waals surface area contributed by atoms with E-state index in [0.717, 1.165) is 12.3 Å². The third-order valence-electron chi connectivity index (χ3n) is 5.07. The molecule has 0 bridgehead atoms. The molecule has 8 nitrogen and oxygen atoms in total. The van der Waals surface area contributed by atoms with Crippen molar-refractivity contribution in [2.24, 2.45) is 0 Å². The first kappa shape index (κ1) is 20.4.